The Balaban J connectivity index is 1.54. The summed E-state index contributed by atoms with van der Waals surface area (Å²) in [5, 5.41) is 4.26. The number of ether oxygens (including phenoxy) is 1. The van der Waals surface area contributed by atoms with Gasteiger partial charge in [-0.25, -0.2) is 8.42 Å². The van der Waals surface area contributed by atoms with E-state index in [1.54, 1.807) is 17.5 Å². The molecule has 0 radical (unpaired) electrons. The Kier molecular flexibility index (Phi) is 7.24. The molecule has 0 bridgehead atoms. The van der Waals surface area contributed by atoms with Gasteiger partial charge in [0, 0.05) is 18.1 Å². The number of benzene rings is 1. The highest BCUT2D eigenvalue weighted by molar-refractivity contribution is 7.89. The molecule has 3 rings (SSSR count). The Morgan fingerprint density at radius 1 is 1.20 bits per heavy atom. The molecule has 1 fully saturated rings. The molecule has 2 amide bonds. The number of imide groups is 1. The van der Waals surface area contributed by atoms with Gasteiger partial charge >= 0.3 is 5.97 Å². The van der Waals surface area contributed by atoms with Gasteiger partial charge in [0.05, 0.1) is 15.7 Å². The Morgan fingerprint density at radius 3 is 2.60 bits per heavy atom. The minimum Gasteiger partial charge on any atom is -0.455 e. The van der Waals surface area contributed by atoms with Crippen LogP contribution in [-0.4, -0.2) is 50.2 Å². The lowest BCUT2D eigenvalue weighted by atomic mass is 10.00. The highest BCUT2D eigenvalue weighted by atomic mass is 35.5. The third-order valence-electron chi connectivity index (χ3n) is 4.51. The standard InChI is InChI=1S/C19H19ClN2O6S2/c20-14-5-7-15(8-6-14)30(26,27)22-9-1-3-13(11-22)19(25)28-12-17(23)21-18(24)16-4-2-10-29-16/h2,4-8,10,13H,1,3,9,11-12H2,(H,21,23,24). The van der Waals surface area contributed by atoms with Crippen molar-refractivity contribution >= 4 is 50.7 Å². The number of thiophene rings is 1. The largest absolute Gasteiger partial charge is 0.455 e. The maximum absolute atomic E-state index is 12.8. The van der Waals surface area contributed by atoms with Crippen molar-refractivity contribution < 1.29 is 27.5 Å². The lowest BCUT2D eigenvalue weighted by molar-refractivity contribution is -0.153. The maximum atomic E-state index is 12.8. The van der Waals surface area contributed by atoms with Crippen molar-refractivity contribution in [2.45, 2.75) is 17.7 Å². The van der Waals surface area contributed by atoms with Gasteiger partial charge in [-0.05, 0) is 48.6 Å². The summed E-state index contributed by atoms with van der Waals surface area (Å²) < 4.78 is 31.8. The topological polar surface area (TPSA) is 110 Å². The van der Waals surface area contributed by atoms with E-state index in [0.29, 0.717) is 22.7 Å². The molecule has 0 spiro atoms. The highest BCUT2D eigenvalue weighted by Gasteiger charge is 2.34. The highest BCUT2D eigenvalue weighted by Crippen LogP contribution is 2.25. The van der Waals surface area contributed by atoms with Crippen LogP contribution in [0.2, 0.25) is 5.02 Å². The zero-order valence-corrected chi connectivity index (χ0v) is 18.1. The number of nitrogens with one attached hydrogen (secondary N) is 1. The monoisotopic (exact) mass is 470 g/mol. The molecule has 1 aliphatic rings. The average molecular weight is 471 g/mol. The minimum atomic E-state index is -3.77. The number of amides is 2. The van der Waals surface area contributed by atoms with Crippen LogP contribution in [0.5, 0.6) is 0 Å². The summed E-state index contributed by atoms with van der Waals surface area (Å²) in [5.41, 5.74) is 0. The van der Waals surface area contributed by atoms with Crippen molar-refractivity contribution in [1.29, 1.82) is 0 Å². The molecule has 1 saturated heterocycles. The van der Waals surface area contributed by atoms with Crippen LogP contribution in [-0.2, 0) is 24.3 Å². The van der Waals surface area contributed by atoms with Gasteiger partial charge in [0.25, 0.3) is 11.8 Å². The van der Waals surface area contributed by atoms with E-state index in [4.69, 9.17) is 16.3 Å². The molecule has 1 atom stereocenters. The lowest BCUT2D eigenvalue weighted by Gasteiger charge is -2.30. The van der Waals surface area contributed by atoms with Crippen LogP contribution in [0.4, 0.5) is 0 Å². The van der Waals surface area contributed by atoms with Crippen molar-refractivity contribution in [2.75, 3.05) is 19.7 Å². The van der Waals surface area contributed by atoms with E-state index in [-0.39, 0.29) is 18.0 Å². The number of sulfonamides is 1. The molecule has 160 valence electrons. The molecule has 2 aromatic rings. The van der Waals surface area contributed by atoms with Crippen molar-refractivity contribution in [2.24, 2.45) is 5.92 Å². The lowest BCUT2D eigenvalue weighted by Crippen LogP contribution is -2.43. The molecule has 1 N–H and O–H groups in total. The number of carbonyl (C=O) groups excluding carboxylic acids is 3. The van der Waals surface area contributed by atoms with Crippen molar-refractivity contribution in [3.05, 3.63) is 51.7 Å². The normalized spacial score (nSPS) is 17.3. The third kappa shape index (κ3) is 5.45. The number of carbonyl (C=O) groups is 3. The second-order valence-corrected chi connectivity index (χ2v) is 9.94. The summed E-state index contributed by atoms with van der Waals surface area (Å²) in [6.45, 7) is -0.375. The first kappa shape index (κ1) is 22.4. The molecule has 0 aliphatic carbocycles. The number of nitrogens with zero attached hydrogens (tertiary/aromatic N) is 1. The Morgan fingerprint density at radius 2 is 1.93 bits per heavy atom. The van der Waals surface area contributed by atoms with Crippen LogP contribution in [0.1, 0.15) is 22.5 Å². The van der Waals surface area contributed by atoms with Crippen LogP contribution < -0.4 is 5.32 Å². The summed E-state index contributed by atoms with van der Waals surface area (Å²) in [5.74, 6) is -2.68. The fourth-order valence-electron chi connectivity index (χ4n) is 3.00. The van der Waals surface area contributed by atoms with Crippen LogP contribution in [0, 0.1) is 5.92 Å². The van der Waals surface area contributed by atoms with Crippen LogP contribution in [0.3, 0.4) is 0 Å². The van der Waals surface area contributed by atoms with E-state index in [9.17, 15) is 22.8 Å². The van der Waals surface area contributed by atoms with Gasteiger partial charge in [0.15, 0.2) is 6.61 Å². The minimum absolute atomic E-state index is 0.0421. The Hall–Kier alpha value is -2.27. The SMILES string of the molecule is O=C(COC(=O)C1CCCN(S(=O)(=O)c2ccc(Cl)cc2)C1)NC(=O)c1cccs1. The quantitative estimate of drug-likeness (QED) is 0.649. The molecule has 11 heteroatoms. The fourth-order valence-corrected chi connectivity index (χ4v) is 5.26. The van der Waals surface area contributed by atoms with E-state index in [1.165, 1.54) is 39.9 Å². The first-order valence-corrected chi connectivity index (χ1v) is 11.8. The zero-order chi connectivity index (χ0) is 21.7. The number of esters is 1. The molecule has 0 saturated carbocycles. The first-order valence-electron chi connectivity index (χ1n) is 9.07. The number of piperidine rings is 1. The van der Waals surface area contributed by atoms with Crippen molar-refractivity contribution in [3.8, 4) is 0 Å². The second-order valence-electron chi connectivity index (χ2n) is 6.62. The number of hydrogen-bond donors (Lipinski definition) is 1. The van der Waals surface area contributed by atoms with E-state index in [2.05, 4.69) is 5.32 Å². The fraction of sp³-hybridized carbons (Fsp3) is 0.316. The Labute approximate surface area is 182 Å². The van der Waals surface area contributed by atoms with E-state index in [0.717, 1.165) is 0 Å². The van der Waals surface area contributed by atoms with E-state index < -0.39 is 40.3 Å². The molecule has 1 aromatic heterocycles. The average Bonchev–Trinajstić information content (AvgIpc) is 3.27. The van der Waals surface area contributed by atoms with Crippen molar-refractivity contribution in [3.63, 3.8) is 0 Å². The summed E-state index contributed by atoms with van der Waals surface area (Å²) in [6, 6.07) is 9.04. The Bertz CT molecular complexity index is 1020. The molecule has 1 unspecified atom stereocenters. The molecule has 1 aliphatic heterocycles. The van der Waals surface area contributed by atoms with Gasteiger partial charge in [0.1, 0.15) is 0 Å². The predicted molar refractivity (Wildman–Crippen MR) is 111 cm³/mol. The first-order chi connectivity index (χ1) is 14.3. The smallest absolute Gasteiger partial charge is 0.310 e. The molecule has 8 nitrogen and oxygen atoms in total. The summed E-state index contributed by atoms with van der Waals surface area (Å²) in [7, 11) is -3.77. The van der Waals surface area contributed by atoms with Gasteiger partial charge in [-0.15, -0.1) is 11.3 Å². The molecule has 2 heterocycles. The molecule has 30 heavy (non-hydrogen) atoms. The van der Waals surface area contributed by atoms with E-state index in [1.807, 2.05) is 0 Å². The predicted octanol–water partition coefficient (Wildman–Crippen LogP) is 2.30. The van der Waals surface area contributed by atoms with E-state index >= 15 is 0 Å². The van der Waals surface area contributed by atoms with Gasteiger partial charge in [-0.3, -0.25) is 19.7 Å². The number of halogens is 1. The number of rotatable bonds is 6. The molecular weight excluding hydrogens is 452 g/mol. The van der Waals surface area contributed by atoms with Crippen molar-refractivity contribution in [1.82, 2.24) is 9.62 Å². The second kappa shape index (κ2) is 9.69. The summed E-state index contributed by atoms with van der Waals surface area (Å²) in [4.78, 5) is 36.5. The molecule has 1 aromatic carbocycles. The summed E-state index contributed by atoms with van der Waals surface area (Å²) >= 11 is 6.99. The summed E-state index contributed by atoms with van der Waals surface area (Å²) in [6.07, 6.45) is 0.927. The molecular formula is C19H19ClN2O6S2. The van der Waals surface area contributed by atoms with Crippen LogP contribution in [0.15, 0.2) is 46.7 Å². The van der Waals surface area contributed by atoms with Crippen LogP contribution in [0.25, 0.3) is 0 Å². The van der Waals surface area contributed by atoms with Gasteiger partial charge in [-0.2, -0.15) is 4.31 Å². The third-order valence-corrected chi connectivity index (χ3v) is 7.51. The van der Waals surface area contributed by atoms with Crippen LogP contribution >= 0.6 is 22.9 Å². The number of hydrogen-bond acceptors (Lipinski definition) is 7. The zero-order valence-electron chi connectivity index (χ0n) is 15.7. The maximum Gasteiger partial charge on any atom is 0.310 e. The van der Waals surface area contributed by atoms with Gasteiger partial charge in [0.2, 0.25) is 10.0 Å². The van der Waals surface area contributed by atoms with Gasteiger partial charge in [-0.1, -0.05) is 17.7 Å². The van der Waals surface area contributed by atoms with Gasteiger partial charge < -0.3 is 4.74 Å².